The average Bonchev–Trinajstić information content (AvgIpc) is 3.08. The van der Waals surface area contributed by atoms with Crippen LogP contribution < -0.4 is 10.6 Å². The number of rotatable bonds is 8. The molecule has 8 nitrogen and oxygen atoms in total. The highest BCUT2D eigenvalue weighted by Crippen LogP contribution is 2.17. The van der Waals surface area contributed by atoms with Gasteiger partial charge in [-0.15, -0.1) is 5.10 Å². The molecule has 0 radical (unpaired) electrons. The number of hydrogen-bond donors (Lipinski definition) is 2. The smallest absolute Gasteiger partial charge is 0.319 e. The number of benzene rings is 1. The SMILES string of the molecule is Cc1cc(NC(=O)NCCCCN(C)C(C)C)ccc1-n1cnnn1. The molecule has 0 saturated heterocycles. The van der Waals surface area contributed by atoms with Gasteiger partial charge in [0.2, 0.25) is 0 Å². The summed E-state index contributed by atoms with van der Waals surface area (Å²) in [6.07, 6.45) is 3.56. The zero-order valence-corrected chi connectivity index (χ0v) is 15.4. The molecule has 0 aliphatic rings. The van der Waals surface area contributed by atoms with Gasteiger partial charge in [-0.3, -0.25) is 0 Å². The molecular formula is C17H27N7O. The van der Waals surface area contributed by atoms with Crippen molar-refractivity contribution in [3.05, 3.63) is 30.1 Å². The van der Waals surface area contributed by atoms with Crippen LogP contribution in [0.3, 0.4) is 0 Å². The Kier molecular flexibility index (Phi) is 6.88. The number of carbonyl (C=O) groups is 1. The van der Waals surface area contributed by atoms with Gasteiger partial charge in [-0.25, -0.2) is 9.48 Å². The summed E-state index contributed by atoms with van der Waals surface area (Å²) in [6, 6.07) is 5.97. The molecule has 0 aliphatic heterocycles. The number of aromatic nitrogens is 4. The van der Waals surface area contributed by atoms with Crippen LogP contribution >= 0.6 is 0 Å². The topological polar surface area (TPSA) is 88.0 Å². The van der Waals surface area contributed by atoms with Crippen molar-refractivity contribution in [2.24, 2.45) is 0 Å². The van der Waals surface area contributed by atoms with Gasteiger partial charge in [-0.2, -0.15) is 0 Å². The van der Waals surface area contributed by atoms with Gasteiger partial charge >= 0.3 is 6.03 Å². The maximum absolute atomic E-state index is 12.0. The molecule has 0 saturated carbocycles. The van der Waals surface area contributed by atoms with Gasteiger partial charge in [0.15, 0.2) is 0 Å². The molecule has 1 aromatic carbocycles. The van der Waals surface area contributed by atoms with Crippen LogP contribution in [0, 0.1) is 6.92 Å². The van der Waals surface area contributed by atoms with Crippen LogP contribution in [0.25, 0.3) is 5.69 Å². The van der Waals surface area contributed by atoms with Crippen molar-refractivity contribution in [2.75, 3.05) is 25.5 Å². The monoisotopic (exact) mass is 345 g/mol. The molecule has 25 heavy (non-hydrogen) atoms. The fourth-order valence-corrected chi connectivity index (χ4v) is 2.38. The standard InChI is InChI=1S/C17H27N7O/c1-13(2)23(4)10-6-5-9-18-17(25)20-15-7-8-16(14(3)11-15)24-12-19-21-22-24/h7-8,11-13H,5-6,9-10H2,1-4H3,(H2,18,20,25). The van der Waals surface area contributed by atoms with Crippen molar-refractivity contribution in [3.8, 4) is 5.69 Å². The summed E-state index contributed by atoms with van der Waals surface area (Å²) in [4.78, 5) is 14.3. The summed E-state index contributed by atoms with van der Waals surface area (Å²) in [6.45, 7) is 8.01. The largest absolute Gasteiger partial charge is 0.338 e. The lowest BCUT2D eigenvalue weighted by Gasteiger charge is -2.20. The first-order valence-electron chi connectivity index (χ1n) is 8.56. The molecule has 2 N–H and O–H groups in total. The summed E-state index contributed by atoms with van der Waals surface area (Å²) in [5, 5.41) is 16.9. The van der Waals surface area contributed by atoms with Crippen LogP contribution in [-0.2, 0) is 0 Å². The normalized spacial score (nSPS) is 11.1. The zero-order chi connectivity index (χ0) is 18.2. The lowest BCUT2D eigenvalue weighted by Crippen LogP contribution is -2.31. The number of nitrogens with zero attached hydrogens (tertiary/aromatic N) is 5. The molecule has 0 spiro atoms. The minimum absolute atomic E-state index is 0.188. The van der Waals surface area contributed by atoms with E-state index in [1.54, 1.807) is 11.0 Å². The van der Waals surface area contributed by atoms with Gasteiger partial charge in [0.1, 0.15) is 6.33 Å². The summed E-state index contributed by atoms with van der Waals surface area (Å²) < 4.78 is 1.59. The van der Waals surface area contributed by atoms with E-state index in [4.69, 9.17) is 0 Å². The van der Waals surface area contributed by atoms with Gasteiger partial charge in [-0.1, -0.05) is 0 Å². The highest BCUT2D eigenvalue weighted by molar-refractivity contribution is 5.89. The maximum atomic E-state index is 12.0. The van der Waals surface area contributed by atoms with Crippen molar-refractivity contribution in [3.63, 3.8) is 0 Å². The number of carbonyl (C=O) groups excluding carboxylic acids is 1. The lowest BCUT2D eigenvalue weighted by molar-refractivity contribution is 0.250. The first-order valence-corrected chi connectivity index (χ1v) is 8.56. The predicted octanol–water partition coefficient (Wildman–Crippen LogP) is 2.21. The Morgan fingerprint density at radius 2 is 2.12 bits per heavy atom. The average molecular weight is 345 g/mol. The molecule has 2 amide bonds. The fraction of sp³-hybridized carbons (Fsp3) is 0.529. The molecule has 1 heterocycles. The molecule has 136 valence electrons. The van der Waals surface area contributed by atoms with E-state index in [0.29, 0.717) is 12.6 Å². The Morgan fingerprint density at radius 3 is 2.76 bits per heavy atom. The van der Waals surface area contributed by atoms with Gasteiger partial charge < -0.3 is 15.5 Å². The Labute approximate surface area is 148 Å². The van der Waals surface area contributed by atoms with Crippen molar-refractivity contribution < 1.29 is 4.79 Å². The predicted molar refractivity (Wildman–Crippen MR) is 97.9 cm³/mol. The molecule has 0 fully saturated rings. The van der Waals surface area contributed by atoms with Crippen molar-refractivity contribution in [1.82, 2.24) is 30.4 Å². The molecule has 2 aromatic rings. The van der Waals surface area contributed by atoms with E-state index in [2.05, 4.69) is 52.0 Å². The zero-order valence-electron chi connectivity index (χ0n) is 15.4. The first kappa shape index (κ1) is 18.9. The van der Waals surface area contributed by atoms with Crippen LogP contribution in [0.4, 0.5) is 10.5 Å². The Morgan fingerprint density at radius 1 is 1.32 bits per heavy atom. The second-order valence-electron chi connectivity index (χ2n) is 6.42. The van der Waals surface area contributed by atoms with E-state index >= 15 is 0 Å². The molecule has 0 atom stereocenters. The molecule has 1 aromatic heterocycles. The summed E-state index contributed by atoms with van der Waals surface area (Å²) in [5.41, 5.74) is 2.60. The molecular weight excluding hydrogens is 318 g/mol. The quantitative estimate of drug-likeness (QED) is 0.716. The highest BCUT2D eigenvalue weighted by Gasteiger charge is 2.06. The summed E-state index contributed by atoms with van der Waals surface area (Å²) in [7, 11) is 2.12. The van der Waals surface area contributed by atoms with Crippen LogP contribution in [0.1, 0.15) is 32.3 Å². The van der Waals surface area contributed by atoms with Crippen LogP contribution in [0.5, 0.6) is 0 Å². The summed E-state index contributed by atoms with van der Waals surface area (Å²) in [5.74, 6) is 0. The van der Waals surface area contributed by atoms with Crippen LogP contribution in [0.15, 0.2) is 24.5 Å². The highest BCUT2D eigenvalue weighted by atomic mass is 16.2. The Hall–Kier alpha value is -2.48. The van der Waals surface area contributed by atoms with E-state index in [9.17, 15) is 4.79 Å². The lowest BCUT2D eigenvalue weighted by atomic mass is 10.2. The third-order valence-electron chi connectivity index (χ3n) is 4.16. The number of amides is 2. The number of tetrazole rings is 1. The second kappa shape index (κ2) is 9.12. The first-order chi connectivity index (χ1) is 12.0. The van der Waals surface area contributed by atoms with Gasteiger partial charge in [0, 0.05) is 18.3 Å². The summed E-state index contributed by atoms with van der Waals surface area (Å²) >= 11 is 0. The van der Waals surface area contributed by atoms with Crippen molar-refractivity contribution >= 4 is 11.7 Å². The second-order valence-corrected chi connectivity index (χ2v) is 6.42. The van der Waals surface area contributed by atoms with E-state index in [-0.39, 0.29) is 6.03 Å². The van der Waals surface area contributed by atoms with Gasteiger partial charge in [0.25, 0.3) is 0 Å². The van der Waals surface area contributed by atoms with Crippen molar-refractivity contribution in [1.29, 1.82) is 0 Å². The molecule has 0 unspecified atom stereocenters. The number of unbranched alkanes of at least 4 members (excludes halogenated alkanes) is 1. The van der Waals surface area contributed by atoms with E-state index in [0.717, 1.165) is 36.3 Å². The third kappa shape index (κ3) is 5.82. The van der Waals surface area contributed by atoms with Crippen LogP contribution in [-0.4, -0.2) is 57.3 Å². The number of anilines is 1. The third-order valence-corrected chi connectivity index (χ3v) is 4.16. The fourth-order valence-electron chi connectivity index (χ4n) is 2.38. The van der Waals surface area contributed by atoms with Gasteiger partial charge in [0.05, 0.1) is 5.69 Å². The minimum atomic E-state index is -0.188. The van der Waals surface area contributed by atoms with E-state index < -0.39 is 0 Å². The van der Waals surface area contributed by atoms with E-state index in [1.165, 1.54) is 0 Å². The number of urea groups is 1. The Bertz CT molecular complexity index is 670. The molecule has 0 bridgehead atoms. The number of aryl methyl sites for hydroxylation is 1. The Balaban J connectivity index is 1.74. The van der Waals surface area contributed by atoms with Crippen molar-refractivity contribution in [2.45, 2.75) is 39.7 Å². The van der Waals surface area contributed by atoms with Crippen LogP contribution in [0.2, 0.25) is 0 Å². The molecule has 8 heteroatoms. The van der Waals surface area contributed by atoms with E-state index in [1.807, 2.05) is 25.1 Å². The number of hydrogen-bond acceptors (Lipinski definition) is 5. The maximum Gasteiger partial charge on any atom is 0.319 e. The molecule has 2 rings (SSSR count). The molecule has 0 aliphatic carbocycles. The van der Waals surface area contributed by atoms with Gasteiger partial charge in [-0.05, 0) is 81.4 Å². The number of nitrogens with one attached hydrogen (secondary N) is 2. The minimum Gasteiger partial charge on any atom is -0.338 e.